The molecule has 1 amide bonds. The molecule has 4 aromatic heterocycles. The Labute approximate surface area is 179 Å². The summed E-state index contributed by atoms with van der Waals surface area (Å²) < 4.78 is 7.59. The van der Waals surface area contributed by atoms with Crippen molar-refractivity contribution in [1.29, 1.82) is 0 Å². The molecule has 1 fully saturated rings. The summed E-state index contributed by atoms with van der Waals surface area (Å²) in [5, 5.41) is 3.11. The van der Waals surface area contributed by atoms with E-state index in [1.165, 1.54) is 5.56 Å². The van der Waals surface area contributed by atoms with Gasteiger partial charge in [0.05, 0.1) is 37.7 Å². The first-order chi connectivity index (χ1) is 15.3. The number of rotatable bonds is 6. The molecule has 8 heteroatoms. The van der Waals surface area contributed by atoms with Crippen LogP contribution < -0.4 is 5.32 Å². The molecule has 0 radical (unpaired) electrons. The maximum atomic E-state index is 12.9. The summed E-state index contributed by atoms with van der Waals surface area (Å²) in [6.07, 6.45) is 11.3. The van der Waals surface area contributed by atoms with Gasteiger partial charge in [0, 0.05) is 36.9 Å². The number of ether oxygens (including phenoxy) is 1. The predicted molar refractivity (Wildman–Crippen MR) is 114 cm³/mol. The highest BCUT2D eigenvalue weighted by molar-refractivity contribution is 5.96. The Morgan fingerprint density at radius 2 is 1.97 bits per heavy atom. The second-order valence-electron chi connectivity index (χ2n) is 7.74. The van der Waals surface area contributed by atoms with Gasteiger partial charge in [-0.15, -0.1) is 0 Å². The zero-order valence-electron chi connectivity index (χ0n) is 16.9. The zero-order valence-corrected chi connectivity index (χ0v) is 16.9. The summed E-state index contributed by atoms with van der Waals surface area (Å²) in [4.78, 5) is 30.0. The van der Waals surface area contributed by atoms with Gasteiger partial charge in [-0.25, -0.2) is 9.97 Å². The average Bonchev–Trinajstić information content (AvgIpc) is 3.41. The molecule has 1 aliphatic heterocycles. The molecule has 5 heterocycles. The summed E-state index contributed by atoms with van der Waals surface area (Å²) in [5.41, 5.74) is 4.17. The smallest absolute Gasteiger partial charge is 0.253 e. The van der Waals surface area contributed by atoms with Crippen molar-refractivity contribution in [2.45, 2.75) is 19.0 Å². The first-order valence-electron chi connectivity index (χ1n) is 10.2. The van der Waals surface area contributed by atoms with Gasteiger partial charge in [-0.1, -0.05) is 6.07 Å². The fourth-order valence-electron chi connectivity index (χ4n) is 3.91. The molecule has 0 saturated carbocycles. The fraction of sp³-hybridized carbons (Fsp3) is 0.261. The van der Waals surface area contributed by atoms with E-state index in [2.05, 4.69) is 25.3 Å². The molecular weight excluding hydrogens is 392 g/mol. The Morgan fingerprint density at radius 1 is 1.06 bits per heavy atom. The SMILES string of the molecule is O=C(N[C@@H]1COC[C@H]1Cc1ccncc1)c1cnc2c(c1)ncn2Cc1cccnc1. The van der Waals surface area contributed by atoms with Crippen LogP contribution in [0.1, 0.15) is 21.5 Å². The zero-order chi connectivity index (χ0) is 21.0. The van der Waals surface area contributed by atoms with Gasteiger partial charge in [0.1, 0.15) is 5.52 Å². The lowest BCUT2D eigenvalue weighted by Crippen LogP contribution is -2.40. The van der Waals surface area contributed by atoms with Gasteiger partial charge in [0.25, 0.3) is 5.91 Å². The van der Waals surface area contributed by atoms with Gasteiger partial charge >= 0.3 is 0 Å². The largest absolute Gasteiger partial charge is 0.379 e. The predicted octanol–water partition coefficient (Wildman–Crippen LogP) is 2.26. The van der Waals surface area contributed by atoms with Crippen molar-refractivity contribution in [2.24, 2.45) is 5.92 Å². The lowest BCUT2D eigenvalue weighted by atomic mass is 9.95. The van der Waals surface area contributed by atoms with Gasteiger partial charge in [-0.3, -0.25) is 14.8 Å². The number of pyridine rings is 3. The highest BCUT2D eigenvalue weighted by Crippen LogP contribution is 2.20. The summed E-state index contributed by atoms with van der Waals surface area (Å²) in [6.45, 7) is 1.76. The van der Waals surface area contributed by atoms with Crippen molar-refractivity contribution < 1.29 is 9.53 Å². The highest BCUT2D eigenvalue weighted by Gasteiger charge is 2.30. The molecule has 5 rings (SSSR count). The van der Waals surface area contributed by atoms with E-state index >= 15 is 0 Å². The minimum atomic E-state index is -0.161. The second-order valence-corrected chi connectivity index (χ2v) is 7.74. The van der Waals surface area contributed by atoms with Crippen LogP contribution in [0.25, 0.3) is 11.2 Å². The number of amides is 1. The molecule has 1 N–H and O–H groups in total. The number of nitrogens with zero attached hydrogens (tertiary/aromatic N) is 5. The van der Waals surface area contributed by atoms with E-state index in [1.54, 1.807) is 37.2 Å². The number of imidazole rings is 1. The van der Waals surface area contributed by atoms with Crippen molar-refractivity contribution in [3.8, 4) is 0 Å². The third kappa shape index (κ3) is 4.29. The van der Waals surface area contributed by atoms with Crippen LogP contribution in [0.2, 0.25) is 0 Å². The molecule has 1 aliphatic rings. The normalized spacial score (nSPS) is 18.3. The minimum Gasteiger partial charge on any atom is -0.379 e. The molecule has 8 nitrogen and oxygen atoms in total. The third-order valence-corrected chi connectivity index (χ3v) is 5.56. The number of carbonyl (C=O) groups is 1. The van der Waals surface area contributed by atoms with Crippen molar-refractivity contribution in [2.75, 3.05) is 13.2 Å². The van der Waals surface area contributed by atoms with E-state index in [0.29, 0.717) is 30.8 Å². The summed E-state index contributed by atoms with van der Waals surface area (Å²) in [7, 11) is 0. The molecule has 0 spiro atoms. The Kier molecular flexibility index (Phi) is 5.37. The van der Waals surface area contributed by atoms with Crippen LogP contribution >= 0.6 is 0 Å². The van der Waals surface area contributed by atoms with Gasteiger partial charge in [-0.2, -0.15) is 0 Å². The van der Waals surface area contributed by atoms with Crippen molar-refractivity contribution in [3.05, 3.63) is 84.3 Å². The van der Waals surface area contributed by atoms with Crippen LogP contribution in [-0.2, 0) is 17.7 Å². The van der Waals surface area contributed by atoms with Crippen LogP contribution in [0.5, 0.6) is 0 Å². The Bertz CT molecular complexity index is 1180. The van der Waals surface area contributed by atoms with Crippen LogP contribution in [0.3, 0.4) is 0 Å². The lowest BCUT2D eigenvalue weighted by molar-refractivity contribution is 0.0925. The molecule has 0 aromatic carbocycles. The highest BCUT2D eigenvalue weighted by atomic mass is 16.5. The van der Waals surface area contributed by atoms with Crippen LogP contribution in [0.15, 0.2) is 67.6 Å². The van der Waals surface area contributed by atoms with Crippen molar-refractivity contribution >= 4 is 17.1 Å². The molecule has 156 valence electrons. The standard InChI is InChI=1S/C23H22N6O2/c30-23(28-21-14-31-13-19(21)8-16-3-6-24-7-4-16)18-9-20-22(26-11-18)29(15-27-20)12-17-2-1-5-25-10-17/h1-7,9-11,15,19,21H,8,12-14H2,(H,28,30)/t19-,21-/m1/s1. The number of hydrogen-bond donors (Lipinski definition) is 1. The molecule has 0 bridgehead atoms. The first-order valence-corrected chi connectivity index (χ1v) is 10.2. The maximum absolute atomic E-state index is 12.9. The number of nitrogens with one attached hydrogen (secondary N) is 1. The monoisotopic (exact) mass is 414 g/mol. The number of hydrogen-bond acceptors (Lipinski definition) is 6. The Morgan fingerprint density at radius 3 is 2.81 bits per heavy atom. The number of carbonyl (C=O) groups excluding carboxylic acids is 1. The molecular formula is C23H22N6O2. The number of aromatic nitrogens is 5. The van der Waals surface area contributed by atoms with Gasteiger partial charge in [-0.05, 0) is 41.8 Å². The molecule has 0 aliphatic carbocycles. The second kappa shape index (κ2) is 8.61. The average molecular weight is 414 g/mol. The molecule has 0 unspecified atom stereocenters. The quantitative estimate of drug-likeness (QED) is 0.520. The minimum absolute atomic E-state index is 0.0421. The molecule has 1 saturated heterocycles. The molecule has 2 atom stereocenters. The van der Waals surface area contributed by atoms with Crippen molar-refractivity contribution in [3.63, 3.8) is 0 Å². The van der Waals surface area contributed by atoms with Crippen LogP contribution in [-0.4, -0.2) is 49.7 Å². The summed E-state index contributed by atoms with van der Waals surface area (Å²) >= 11 is 0. The Hall–Kier alpha value is -3.65. The van der Waals surface area contributed by atoms with E-state index in [9.17, 15) is 4.79 Å². The van der Waals surface area contributed by atoms with E-state index in [4.69, 9.17) is 4.74 Å². The topological polar surface area (TPSA) is 94.8 Å². The van der Waals surface area contributed by atoms with Gasteiger partial charge in [0.15, 0.2) is 5.65 Å². The summed E-state index contributed by atoms with van der Waals surface area (Å²) in [6, 6.07) is 9.64. The molecule has 31 heavy (non-hydrogen) atoms. The van der Waals surface area contributed by atoms with E-state index in [-0.39, 0.29) is 17.9 Å². The fourth-order valence-corrected chi connectivity index (χ4v) is 3.91. The maximum Gasteiger partial charge on any atom is 0.253 e. The first kappa shape index (κ1) is 19.3. The van der Waals surface area contributed by atoms with Gasteiger partial charge in [0.2, 0.25) is 0 Å². The van der Waals surface area contributed by atoms with Crippen molar-refractivity contribution in [1.82, 2.24) is 29.8 Å². The van der Waals surface area contributed by atoms with E-state index in [0.717, 1.165) is 17.6 Å². The third-order valence-electron chi connectivity index (χ3n) is 5.56. The van der Waals surface area contributed by atoms with E-state index in [1.807, 2.05) is 35.0 Å². The number of fused-ring (bicyclic) bond motifs is 1. The lowest BCUT2D eigenvalue weighted by Gasteiger charge is -2.19. The van der Waals surface area contributed by atoms with Crippen LogP contribution in [0, 0.1) is 5.92 Å². The molecule has 4 aromatic rings. The van der Waals surface area contributed by atoms with Gasteiger partial charge < -0.3 is 14.6 Å². The summed E-state index contributed by atoms with van der Waals surface area (Å²) in [5.74, 6) is 0.0631. The van der Waals surface area contributed by atoms with E-state index < -0.39 is 0 Å². The Balaban J connectivity index is 1.28. The van der Waals surface area contributed by atoms with Crippen LogP contribution in [0.4, 0.5) is 0 Å².